The molecule has 6 heteroatoms. The monoisotopic (exact) mass is 301 g/mol. The number of hydrogen-bond acceptors (Lipinski definition) is 5. The van der Waals surface area contributed by atoms with Gasteiger partial charge in [0.2, 0.25) is 5.95 Å². The molecular weight excluding hydrogens is 282 g/mol. The van der Waals surface area contributed by atoms with Gasteiger partial charge >= 0.3 is 5.97 Å². The van der Waals surface area contributed by atoms with Crippen molar-refractivity contribution in [2.75, 3.05) is 19.0 Å². The van der Waals surface area contributed by atoms with Gasteiger partial charge in [-0.3, -0.25) is 4.79 Å². The maximum atomic E-state index is 10.5. The number of anilines is 1. The van der Waals surface area contributed by atoms with E-state index >= 15 is 0 Å². The van der Waals surface area contributed by atoms with E-state index in [1.54, 1.807) is 7.11 Å². The quantitative estimate of drug-likeness (QED) is 0.765. The third-order valence-electron chi connectivity index (χ3n) is 3.09. The minimum atomic E-state index is -0.800. The zero-order valence-corrected chi connectivity index (χ0v) is 12.7. The first-order valence-corrected chi connectivity index (χ1v) is 7.04. The molecule has 2 N–H and O–H groups in total. The van der Waals surface area contributed by atoms with Crippen LogP contribution in [0.3, 0.4) is 0 Å². The number of rotatable bonds is 7. The number of nitrogens with one attached hydrogen (secondary N) is 1. The van der Waals surface area contributed by atoms with Crippen LogP contribution in [0.4, 0.5) is 5.95 Å². The van der Waals surface area contributed by atoms with Crippen molar-refractivity contribution in [1.82, 2.24) is 9.97 Å². The number of aliphatic carboxylic acids is 1. The van der Waals surface area contributed by atoms with Gasteiger partial charge in [0.15, 0.2) is 0 Å². The van der Waals surface area contributed by atoms with Crippen LogP contribution in [0.5, 0.6) is 5.75 Å². The predicted octanol–water partition coefficient (Wildman–Crippen LogP) is 2.74. The van der Waals surface area contributed by atoms with E-state index in [1.165, 1.54) is 0 Å². The predicted molar refractivity (Wildman–Crippen MR) is 84.1 cm³/mol. The number of carbonyl (C=O) groups is 1. The van der Waals surface area contributed by atoms with Gasteiger partial charge in [-0.15, -0.1) is 0 Å². The number of aryl methyl sites for hydroxylation is 1. The van der Waals surface area contributed by atoms with Crippen LogP contribution in [0.2, 0.25) is 0 Å². The molecule has 0 aliphatic heterocycles. The van der Waals surface area contributed by atoms with Crippen LogP contribution in [0.15, 0.2) is 30.3 Å². The van der Waals surface area contributed by atoms with Crippen LogP contribution in [0, 0.1) is 6.92 Å². The second-order valence-corrected chi connectivity index (χ2v) is 4.87. The Kier molecular flexibility index (Phi) is 5.30. The molecule has 6 nitrogen and oxygen atoms in total. The molecule has 2 rings (SSSR count). The van der Waals surface area contributed by atoms with Crippen molar-refractivity contribution in [2.45, 2.75) is 19.8 Å². The molecule has 0 saturated heterocycles. The van der Waals surface area contributed by atoms with E-state index < -0.39 is 5.97 Å². The van der Waals surface area contributed by atoms with Gasteiger partial charge in [-0.25, -0.2) is 9.97 Å². The van der Waals surface area contributed by atoms with Gasteiger partial charge in [0.25, 0.3) is 0 Å². The molecule has 1 heterocycles. The summed E-state index contributed by atoms with van der Waals surface area (Å²) in [5.74, 6) is 0.503. The van der Waals surface area contributed by atoms with Crippen molar-refractivity contribution in [3.05, 3.63) is 36.0 Å². The topological polar surface area (TPSA) is 84.3 Å². The second-order valence-electron chi connectivity index (χ2n) is 4.87. The fraction of sp³-hybridized carbons (Fsp3) is 0.312. The van der Waals surface area contributed by atoms with Gasteiger partial charge in [-0.2, -0.15) is 0 Å². The maximum absolute atomic E-state index is 10.5. The van der Waals surface area contributed by atoms with E-state index in [9.17, 15) is 4.79 Å². The molecule has 0 atom stereocenters. The number of hydrogen-bond donors (Lipinski definition) is 2. The Hall–Kier alpha value is -2.63. The van der Waals surface area contributed by atoms with Crippen LogP contribution in [-0.4, -0.2) is 34.7 Å². The number of carboxylic acids is 1. The van der Waals surface area contributed by atoms with Gasteiger partial charge in [0.1, 0.15) is 5.75 Å². The van der Waals surface area contributed by atoms with E-state index in [0.717, 1.165) is 22.7 Å². The lowest BCUT2D eigenvalue weighted by atomic mass is 10.1. The molecule has 0 radical (unpaired) electrons. The average Bonchev–Trinajstić information content (AvgIpc) is 2.51. The molecule has 1 aromatic heterocycles. The first-order valence-electron chi connectivity index (χ1n) is 7.04. The van der Waals surface area contributed by atoms with Crippen LogP contribution >= 0.6 is 0 Å². The number of nitrogens with zero attached hydrogens (tertiary/aromatic N) is 2. The minimum absolute atomic E-state index is 0.129. The molecular formula is C16H19N3O3. The summed E-state index contributed by atoms with van der Waals surface area (Å²) in [4.78, 5) is 19.3. The summed E-state index contributed by atoms with van der Waals surface area (Å²) in [6.07, 6.45) is 0.661. The van der Waals surface area contributed by atoms with Gasteiger partial charge in [0, 0.05) is 24.2 Å². The number of ether oxygens (including phenoxy) is 1. The molecule has 0 aliphatic carbocycles. The summed E-state index contributed by atoms with van der Waals surface area (Å²) in [6.45, 7) is 2.43. The summed E-state index contributed by atoms with van der Waals surface area (Å²) in [5.41, 5.74) is 2.64. The third-order valence-corrected chi connectivity index (χ3v) is 3.09. The summed E-state index contributed by atoms with van der Waals surface area (Å²) in [7, 11) is 1.63. The summed E-state index contributed by atoms with van der Waals surface area (Å²) in [6, 6.07) is 9.55. The minimum Gasteiger partial charge on any atom is -0.497 e. The average molecular weight is 301 g/mol. The van der Waals surface area contributed by atoms with Crippen molar-refractivity contribution in [1.29, 1.82) is 0 Å². The summed E-state index contributed by atoms with van der Waals surface area (Å²) in [5, 5.41) is 11.7. The summed E-state index contributed by atoms with van der Waals surface area (Å²) >= 11 is 0. The van der Waals surface area contributed by atoms with Crippen molar-refractivity contribution in [2.24, 2.45) is 0 Å². The highest BCUT2D eigenvalue weighted by atomic mass is 16.5. The van der Waals surface area contributed by atoms with Crippen molar-refractivity contribution in [3.63, 3.8) is 0 Å². The van der Waals surface area contributed by atoms with E-state index in [1.807, 2.05) is 37.3 Å². The lowest BCUT2D eigenvalue weighted by Crippen LogP contribution is -2.08. The van der Waals surface area contributed by atoms with Gasteiger partial charge in [-0.1, -0.05) is 0 Å². The molecule has 0 spiro atoms. The number of carboxylic acid groups (broad SMARTS) is 1. The number of benzene rings is 1. The van der Waals surface area contributed by atoms with E-state index in [0.29, 0.717) is 18.9 Å². The van der Waals surface area contributed by atoms with Crippen molar-refractivity contribution >= 4 is 11.9 Å². The summed E-state index contributed by atoms with van der Waals surface area (Å²) < 4.78 is 5.14. The van der Waals surface area contributed by atoms with E-state index in [4.69, 9.17) is 9.84 Å². The fourth-order valence-electron chi connectivity index (χ4n) is 2.00. The largest absolute Gasteiger partial charge is 0.497 e. The first-order chi connectivity index (χ1) is 10.6. The van der Waals surface area contributed by atoms with E-state index in [2.05, 4.69) is 15.3 Å². The zero-order chi connectivity index (χ0) is 15.9. The van der Waals surface area contributed by atoms with Crippen molar-refractivity contribution in [3.8, 4) is 17.0 Å². The van der Waals surface area contributed by atoms with Crippen LogP contribution in [0.1, 0.15) is 18.5 Å². The molecule has 0 bridgehead atoms. The maximum Gasteiger partial charge on any atom is 0.303 e. The normalized spacial score (nSPS) is 10.3. The Morgan fingerprint density at radius 3 is 2.64 bits per heavy atom. The molecule has 0 saturated carbocycles. The molecule has 116 valence electrons. The highest BCUT2D eigenvalue weighted by molar-refractivity contribution is 5.66. The third kappa shape index (κ3) is 4.44. The Morgan fingerprint density at radius 2 is 2.00 bits per heavy atom. The molecule has 1 aromatic carbocycles. The highest BCUT2D eigenvalue weighted by Gasteiger charge is 2.05. The van der Waals surface area contributed by atoms with E-state index in [-0.39, 0.29) is 6.42 Å². The number of aromatic nitrogens is 2. The molecule has 0 unspecified atom stereocenters. The molecule has 2 aromatic rings. The van der Waals surface area contributed by atoms with Gasteiger partial charge in [-0.05, 0) is 43.7 Å². The molecule has 0 aliphatic rings. The standard InChI is InChI=1S/C16H19N3O3/c1-11-10-14(12-5-7-13(22-2)8-6-12)19-16(18-11)17-9-3-4-15(20)21/h5-8,10H,3-4,9H2,1-2H3,(H,20,21)(H,17,18,19). The van der Waals surface area contributed by atoms with Gasteiger partial charge in [0.05, 0.1) is 12.8 Å². The second kappa shape index (κ2) is 7.40. The lowest BCUT2D eigenvalue weighted by Gasteiger charge is -2.08. The first kappa shape index (κ1) is 15.8. The molecule has 0 fully saturated rings. The fourth-order valence-corrected chi connectivity index (χ4v) is 2.00. The van der Waals surface area contributed by atoms with Crippen molar-refractivity contribution < 1.29 is 14.6 Å². The van der Waals surface area contributed by atoms with Gasteiger partial charge < -0.3 is 15.2 Å². The lowest BCUT2D eigenvalue weighted by molar-refractivity contribution is -0.137. The van der Waals surface area contributed by atoms with Crippen LogP contribution < -0.4 is 10.1 Å². The zero-order valence-electron chi connectivity index (χ0n) is 12.7. The smallest absolute Gasteiger partial charge is 0.303 e. The SMILES string of the molecule is COc1ccc(-c2cc(C)nc(NCCCC(=O)O)n2)cc1. The Morgan fingerprint density at radius 1 is 1.27 bits per heavy atom. The molecule has 22 heavy (non-hydrogen) atoms. The highest BCUT2D eigenvalue weighted by Crippen LogP contribution is 2.22. The van der Waals surface area contributed by atoms with Crippen LogP contribution in [0.25, 0.3) is 11.3 Å². The Labute approximate surface area is 129 Å². The number of methoxy groups -OCH3 is 1. The Bertz CT molecular complexity index is 642. The van der Waals surface area contributed by atoms with Crippen LogP contribution in [-0.2, 0) is 4.79 Å². The molecule has 0 amide bonds. The Balaban J connectivity index is 2.10.